The van der Waals surface area contributed by atoms with E-state index in [2.05, 4.69) is 21.3 Å². The van der Waals surface area contributed by atoms with Crippen molar-refractivity contribution in [3.8, 4) is 6.07 Å². The molecular weight excluding hydrogens is 314 g/mol. The maximum atomic E-state index is 13.1. The highest BCUT2D eigenvalue weighted by Gasteiger charge is 2.31. The summed E-state index contributed by atoms with van der Waals surface area (Å²) in [5, 5.41) is 17.0. The number of imidazole rings is 1. The van der Waals surface area contributed by atoms with Crippen molar-refractivity contribution in [1.82, 2.24) is 19.7 Å². The molecule has 0 spiro atoms. The average Bonchev–Trinajstić information content (AvgIpc) is 3.09. The van der Waals surface area contributed by atoms with Crippen LogP contribution in [0.5, 0.6) is 0 Å². The van der Waals surface area contributed by atoms with Crippen LogP contribution >= 0.6 is 0 Å². The number of rotatable bonds is 3. The van der Waals surface area contributed by atoms with E-state index >= 15 is 0 Å². The summed E-state index contributed by atoms with van der Waals surface area (Å²) < 4.78 is 1.83. The summed E-state index contributed by atoms with van der Waals surface area (Å²) in [6.45, 7) is 0. The molecule has 0 bridgehead atoms. The Morgan fingerprint density at radius 1 is 1.28 bits per heavy atom. The molecule has 25 heavy (non-hydrogen) atoms. The molecular formula is C19H19N5O. The van der Waals surface area contributed by atoms with Crippen molar-refractivity contribution in [2.24, 2.45) is 7.05 Å². The zero-order valence-corrected chi connectivity index (χ0v) is 14.1. The van der Waals surface area contributed by atoms with Crippen molar-refractivity contribution in [1.29, 1.82) is 5.26 Å². The lowest BCUT2D eigenvalue weighted by atomic mass is 9.97. The van der Waals surface area contributed by atoms with Gasteiger partial charge in [0.15, 0.2) is 5.92 Å². The Morgan fingerprint density at radius 3 is 2.88 bits per heavy atom. The van der Waals surface area contributed by atoms with Crippen LogP contribution in [0.25, 0.3) is 11.0 Å². The summed E-state index contributed by atoms with van der Waals surface area (Å²) >= 11 is 0. The Morgan fingerprint density at radius 2 is 2.08 bits per heavy atom. The molecule has 0 fully saturated rings. The van der Waals surface area contributed by atoms with E-state index in [0.29, 0.717) is 11.5 Å². The summed E-state index contributed by atoms with van der Waals surface area (Å²) in [5.74, 6) is -0.743. The van der Waals surface area contributed by atoms with Crippen molar-refractivity contribution < 1.29 is 4.79 Å². The van der Waals surface area contributed by atoms with Gasteiger partial charge in [0.2, 0.25) is 5.78 Å². The number of aromatic amines is 1. The fraction of sp³-hybridized carbons (Fsp3) is 0.368. The Labute approximate surface area is 145 Å². The Balaban J connectivity index is 1.76. The highest BCUT2D eigenvalue weighted by atomic mass is 16.1. The van der Waals surface area contributed by atoms with E-state index in [-0.39, 0.29) is 5.78 Å². The van der Waals surface area contributed by atoms with Crippen molar-refractivity contribution in [2.45, 2.75) is 38.0 Å². The second-order valence-electron chi connectivity index (χ2n) is 6.53. The molecule has 0 unspecified atom stereocenters. The van der Waals surface area contributed by atoms with E-state index in [1.54, 1.807) is 0 Å². The summed E-state index contributed by atoms with van der Waals surface area (Å²) in [4.78, 5) is 17.6. The number of nitrogens with zero attached hydrogens (tertiary/aromatic N) is 4. The molecule has 1 aliphatic rings. The minimum Gasteiger partial charge on any atom is -0.330 e. The molecule has 0 radical (unpaired) electrons. The number of hydrogen-bond acceptors (Lipinski definition) is 4. The Bertz CT molecular complexity index is 991. The molecule has 1 aliphatic carbocycles. The molecule has 3 aromatic rings. The van der Waals surface area contributed by atoms with Gasteiger partial charge < -0.3 is 4.57 Å². The number of hydrogen-bond donors (Lipinski definition) is 1. The van der Waals surface area contributed by atoms with E-state index < -0.39 is 5.92 Å². The van der Waals surface area contributed by atoms with Gasteiger partial charge in [-0.2, -0.15) is 10.4 Å². The second kappa shape index (κ2) is 6.17. The van der Waals surface area contributed by atoms with Gasteiger partial charge in [-0.3, -0.25) is 9.89 Å². The Hall–Kier alpha value is -2.94. The quantitative estimate of drug-likeness (QED) is 0.589. The molecule has 126 valence electrons. The standard InChI is InChI=1S/C19H19N5O/c1-24-16-10-6-5-9-15(16)21-19(24)13(11-20)18(25)17-12-7-3-2-4-8-14(12)22-23-17/h5-6,9-10,13H,2-4,7-8H2,1H3,(H,22,23)/t13-/m0/s1. The minimum absolute atomic E-state index is 0.264. The van der Waals surface area contributed by atoms with E-state index in [4.69, 9.17) is 0 Å². The summed E-state index contributed by atoms with van der Waals surface area (Å²) in [6.07, 6.45) is 5.07. The number of carbonyl (C=O) groups excluding carboxylic acids is 1. The molecule has 1 aromatic carbocycles. The van der Waals surface area contributed by atoms with Crippen molar-refractivity contribution in [3.05, 3.63) is 47.0 Å². The van der Waals surface area contributed by atoms with Gasteiger partial charge >= 0.3 is 0 Å². The maximum absolute atomic E-state index is 13.1. The summed E-state index contributed by atoms with van der Waals surface area (Å²) in [7, 11) is 1.84. The second-order valence-corrected chi connectivity index (χ2v) is 6.53. The van der Waals surface area contributed by atoms with Gasteiger partial charge in [0.1, 0.15) is 11.5 Å². The van der Waals surface area contributed by atoms with Gasteiger partial charge in [0.05, 0.1) is 17.1 Å². The van der Waals surface area contributed by atoms with Gasteiger partial charge in [-0.15, -0.1) is 0 Å². The third-order valence-electron chi connectivity index (χ3n) is 5.01. The molecule has 1 atom stereocenters. The van der Waals surface area contributed by atoms with Gasteiger partial charge in [0.25, 0.3) is 0 Å². The fourth-order valence-electron chi connectivity index (χ4n) is 3.65. The number of ketones is 1. The lowest BCUT2D eigenvalue weighted by Crippen LogP contribution is -2.17. The molecule has 0 saturated heterocycles. The highest BCUT2D eigenvalue weighted by molar-refractivity contribution is 6.02. The molecule has 2 heterocycles. The summed E-state index contributed by atoms with van der Waals surface area (Å²) in [6, 6.07) is 9.79. The SMILES string of the molecule is Cn1c([C@@H](C#N)C(=O)c2n[nH]c3c2CCCCC3)nc2ccccc21. The number of nitrogens with one attached hydrogen (secondary N) is 1. The molecule has 0 amide bonds. The van der Waals surface area contributed by atoms with Gasteiger partial charge in [0, 0.05) is 18.3 Å². The van der Waals surface area contributed by atoms with Gasteiger partial charge in [-0.25, -0.2) is 4.98 Å². The van der Waals surface area contributed by atoms with E-state index in [9.17, 15) is 10.1 Å². The predicted molar refractivity (Wildman–Crippen MR) is 93.2 cm³/mol. The smallest absolute Gasteiger partial charge is 0.208 e. The zero-order valence-electron chi connectivity index (χ0n) is 14.1. The number of Topliss-reactive ketones (excluding diaryl/α,β-unsaturated/α-hetero) is 1. The lowest BCUT2D eigenvalue weighted by molar-refractivity contribution is 0.0969. The number of nitriles is 1. The molecule has 0 aliphatic heterocycles. The number of aryl methyl sites for hydroxylation is 2. The number of H-pyrrole nitrogens is 1. The van der Waals surface area contributed by atoms with Crippen LogP contribution in [0.4, 0.5) is 0 Å². The van der Waals surface area contributed by atoms with Crippen LogP contribution in [-0.4, -0.2) is 25.5 Å². The molecule has 2 aromatic heterocycles. The molecule has 6 heteroatoms. The predicted octanol–water partition coefficient (Wildman–Crippen LogP) is 3.06. The van der Waals surface area contributed by atoms with Gasteiger partial charge in [-0.1, -0.05) is 18.6 Å². The van der Waals surface area contributed by atoms with E-state index in [1.807, 2.05) is 35.9 Å². The first kappa shape index (κ1) is 15.6. The fourth-order valence-corrected chi connectivity index (χ4v) is 3.65. The minimum atomic E-state index is -0.951. The number of para-hydroxylation sites is 2. The van der Waals surface area contributed by atoms with Crippen LogP contribution in [0.2, 0.25) is 0 Å². The highest BCUT2D eigenvalue weighted by Crippen LogP contribution is 2.27. The normalized spacial score (nSPS) is 15.4. The molecule has 6 nitrogen and oxygen atoms in total. The first-order chi connectivity index (χ1) is 12.2. The van der Waals surface area contributed by atoms with Crippen LogP contribution in [0.15, 0.2) is 24.3 Å². The van der Waals surface area contributed by atoms with Gasteiger partial charge in [-0.05, 0) is 37.8 Å². The molecule has 4 rings (SSSR count). The van der Waals surface area contributed by atoms with Crippen molar-refractivity contribution >= 4 is 16.8 Å². The van der Waals surface area contributed by atoms with Crippen molar-refractivity contribution in [3.63, 3.8) is 0 Å². The largest absolute Gasteiger partial charge is 0.330 e. The monoisotopic (exact) mass is 333 g/mol. The first-order valence-electron chi connectivity index (χ1n) is 8.62. The van der Waals surface area contributed by atoms with Crippen LogP contribution < -0.4 is 0 Å². The third-order valence-corrected chi connectivity index (χ3v) is 5.01. The summed E-state index contributed by atoms with van der Waals surface area (Å²) in [5.41, 5.74) is 4.14. The topological polar surface area (TPSA) is 87.4 Å². The van der Waals surface area contributed by atoms with Crippen LogP contribution in [-0.2, 0) is 19.9 Å². The van der Waals surface area contributed by atoms with Crippen LogP contribution in [0.1, 0.15) is 52.8 Å². The number of carbonyl (C=O) groups is 1. The average molecular weight is 333 g/mol. The van der Waals surface area contributed by atoms with Crippen LogP contribution in [0, 0.1) is 11.3 Å². The number of benzene rings is 1. The molecule has 1 N–H and O–H groups in total. The Kier molecular flexibility index (Phi) is 3.85. The van der Waals surface area contributed by atoms with E-state index in [0.717, 1.165) is 54.4 Å². The molecule has 0 saturated carbocycles. The number of aromatic nitrogens is 4. The third kappa shape index (κ3) is 2.52. The number of fused-ring (bicyclic) bond motifs is 2. The lowest BCUT2D eigenvalue weighted by Gasteiger charge is -2.08. The van der Waals surface area contributed by atoms with Crippen LogP contribution in [0.3, 0.4) is 0 Å². The van der Waals surface area contributed by atoms with Crippen molar-refractivity contribution in [2.75, 3.05) is 0 Å². The zero-order chi connectivity index (χ0) is 17.4. The maximum Gasteiger partial charge on any atom is 0.208 e. The van der Waals surface area contributed by atoms with E-state index in [1.165, 1.54) is 0 Å². The first-order valence-corrected chi connectivity index (χ1v) is 8.62.